The Hall–Kier alpha value is -0.970. The van der Waals surface area contributed by atoms with Crippen molar-refractivity contribution in [2.24, 2.45) is 0 Å². The number of thiazole rings is 1. The van der Waals surface area contributed by atoms with Crippen LogP contribution in [-0.2, 0) is 11.3 Å². The Morgan fingerprint density at radius 3 is 3.11 bits per heavy atom. The highest BCUT2D eigenvalue weighted by Crippen LogP contribution is 2.26. The van der Waals surface area contributed by atoms with Crippen molar-refractivity contribution in [1.29, 1.82) is 0 Å². The van der Waals surface area contributed by atoms with Gasteiger partial charge in [-0.3, -0.25) is 0 Å². The van der Waals surface area contributed by atoms with Gasteiger partial charge in [0.05, 0.1) is 22.4 Å². The monoisotopic (exact) mass is 262 g/mol. The van der Waals surface area contributed by atoms with Crippen LogP contribution in [0.3, 0.4) is 0 Å². The molecule has 1 aliphatic rings. The Balaban J connectivity index is 1.69. The number of fused-ring (bicyclic) bond motifs is 1. The Morgan fingerprint density at radius 1 is 1.44 bits per heavy atom. The molecule has 3 rings (SSSR count). The van der Waals surface area contributed by atoms with E-state index < -0.39 is 0 Å². The fourth-order valence-electron chi connectivity index (χ4n) is 2.37. The Bertz CT molecular complexity index is 498. The van der Waals surface area contributed by atoms with E-state index in [0.717, 1.165) is 30.0 Å². The number of benzene rings is 1. The summed E-state index contributed by atoms with van der Waals surface area (Å²) in [4.78, 5) is 4.60. The third-order valence-corrected chi connectivity index (χ3v) is 4.45. The number of hydrogen-bond acceptors (Lipinski definition) is 4. The van der Waals surface area contributed by atoms with E-state index in [1.807, 2.05) is 6.07 Å². The highest BCUT2D eigenvalue weighted by Gasteiger charge is 2.27. The second-order valence-corrected chi connectivity index (χ2v) is 6.21. The molecule has 1 atom stereocenters. The summed E-state index contributed by atoms with van der Waals surface area (Å²) >= 11 is 1.73. The summed E-state index contributed by atoms with van der Waals surface area (Å²) in [7, 11) is 0. The molecule has 1 saturated heterocycles. The zero-order valence-corrected chi connectivity index (χ0v) is 11.4. The number of hydrogen-bond donors (Lipinski definition) is 1. The molecular formula is C14H18N2OS. The van der Waals surface area contributed by atoms with E-state index in [9.17, 15) is 0 Å². The third-order valence-electron chi connectivity index (χ3n) is 3.44. The van der Waals surface area contributed by atoms with Crippen LogP contribution in [0.2, 0.25) is 0 Å². The smallest absolute Gasteiger partial charge is 0.120 e. The minimum absolute atomic E-state index is 0.0316. The van der Waals surface area contributed by atoms with Gasteiger partial charge in [-0.15, -0.1) is 11.3 Å². The maximum absolute atomic E-state index is 6.07. The van der Waals surface area contributed by atoms with Crippen molar-refractivity contribution >= 4 is 21.6 Å². The molecule has 0 saturated carbocycles. The summed E-state index contributed by atoms with van der Waals surface area (Å²) in [6.45, 7) is 4.86. The average Bonchev–Trinajstić information content (AvgIpc) is 2.80. The molecule has 1 aromatic heterocycles. The molecule has 1 fully saturated rings. The van der Waals surface area contributed by atoms with Crippen molar-refractivity contribution < 1.29 is 4.74 Å². The summed E-state index contributed by atoms with van der Waals surface area (Å²) in [5, 5.41) is 4.47. The summed E-state index contributed by atoms with van der Waals surface area (Å²) in [6, 6.07) is 8.25. The number of nitrogens with one attached hydrogen (secondary N) is 1. The highest BCUT2D eigenvalue weighted by atomic mass is 32.1. The molecule has 0 spiro atoms. The van der Waals surface area contributed by atoms with Crippen molar-refractivity contribution in [2.45, 2.75) is 32.0 Å². The highest BCUT2D eigenvalue weighted by molar-refractivity contribution is 7.18. The van der Waals surface area contributed by atoms with Crippen molar-refractivity contribution in [3.05, 3.63) is 29.3 Å². The fraction of sp³-hybridized carbons (Fsp3) is 0.500. The molecule has 1 N–H and O–H groups in total. The fourth-order valence-corrected chi connectivity index (χ4v) is 3.25. The zero-order valence-electron chi connectivity index (χ0n) is 10.6. The van der Waals surface area contributed by atoms with Gasteiger partial charge in [-0.1, -0.05) is 12.1 Å². The van der Waals surface area contributed by atoms with E-state index in [1.165, 1.54) is 11.1 Å². The van der Waals surface area contributed by atoms with Gasteiger partial charge in [-0.2, -0.15) is 0 Å². The van der Waals surface area contributed by atoms with Crippen molar-refractivity contribution in [3.8, 4) is 0 Å². The van der Waals surface area contributed by atoms with E-state index in [2.05, 4.69) is 35.4 Å². The SMILES string of the molecule is CC1(OCc2nc3ccccc3s2)CCCNC1. The van der Waals surface area contributed by atoms with Gasteiger partial charge in [0.1, 0.15) is 5.01 Å². The predicted molar refractivity (Wildman–Crippen MR) is 74.9 cm³/mol. The van der Waals surface area contributed by atoms with Crippen LogP contribution in [0.1, 0.15) is 24.8 Å². The van der Waals surface area contributed by atoms with Crippen LogP contribution in [0, 0.1) is 0 Å². The number of aromatic nitrogens is 1. The minimum Gasteiger partial charge on any atom is -0.367 e. The van der Waals surface area contributed by atoms with Gasteiger partial charge in [0.25, 0.3) is 0 Å². The lowest BCUT2D eigenvalue weighted by molar-refractivity contribution is -0.0571. The number of para-hydroxylation sites is 1. The molecule has 0 aliphatic carbocycles. The van der Waals surface area contributed by atoms with Crippen molar-refractivity contribution in [2.75, 3.05) is 13.1 Å². The first-order valence-electron chi connectivity index (χ1n) is 6.44. The van der Waals surface area contributed by atoms with Gasteiger partial charge < -0.3 is 10.1 Å². The predicted octanol–water partition coefficient (Wildman–Crippen LogP) is 2.96. The summed E-state index contributed by atoms with van der Waals surface area (Å²) in [6.07, 6.45) is 2.32. The van der Waals surface area contributed by atoms with E-state index in [0.29, 0.717) is 6.61 Å². The molecule has 0 radical (unpaired) electrons. The Morgan fingerprint density at radius 2 is 2.33 bits per heavy atom. The van der Waals surface area contributed by atoms with Crippen LogP contribution in [0.25, 0.3) is 10.2 Å². The first-order chi connectivity index (χ1) is 8.75. The Labute approximate surface area is 111 Å². The van der Waals surface area contributed by atoms with Gasteiger partial charge in [0.2, 0.25) is 0 Å². The molecule has 18 heavy (non-hydrogen) atoms. The minimum atomic E-state index is -0.0316. The standard InChI is InChI=1S/C14H18N2OS/c1-14(7-4-8-15-10-14)17-9-13-16-11-5-2-3-6-12(11)18-13/h2-3,5-6,15H,4,7-10H2,1H3. The lowest BCUT2D eigenvalue weighted by Gasteiger charge is -2.33. The first kappa shape index (κ1) is 12.1. The van der Waals surface area contributed by atoms with E-state index >= 15 is 0 Å². The van der Waals surface area contributed by atoms with Gasteiger partial charge >= 0.3 is 0 Å². The number of nitrogens with zero attached hydrogens (tertiary/aromatic N) is 1. The number of rotatable bonds is 3. The van der Waals surface area contributed by atoms with Crippen LogP contribution < -0.4 is 5.32 Å². The molecule has 1 unspecified atom stereocenters. The lowest BCUT2D eigenvalue weighted by atomic mass is 9.96. The number of piperidine rings is 1. The topological polar surface area (TPSA) is 34.1 Å². The van der Waals surface area contributed by atoms with Crippen LogP contribution in [0.4, 0.5) is 0 Å². The van der Waals surface area contributed by atoms with Gasteiger partial charge in [-0.25, -0.2) is 4.98 Å². The molecule has 96 valence electrons. The quantitative estimate of drug-likeness (QED) is 0.923. The molecule has 0 bridgehead atoms. The van der Waals surface area contributed by atoms with E-state index in [-0.39, 0.29) is 5.60 Å². The maximum atomic E-state index is 6.07. The average molecular weight is 262 g/mol. The summed E-state index contributed by atoms with van der Waals surface area (Å²) < 4.78 is 7.31. The summed E-state index contributed by atoms with van der Waals surface area (Å²) in [5.74, 6) is 0. The second-order valence-electron chi connectivity index (χ2n) is 5.09. The second kappa shape index (κ2) is 4.96. The van der Waals surface area contributed by atoms with Gasteiger partial charge in [-0.05, 0) is 38.4 Å². The Kier molecular flexibility index (Phi) is 3.33. The molecule has 2 aromatic rings. The molecule has 1 aliphatic heterocycles. The largest absolute Gasteiger partial charge is 0.367 e. The van der Waals surface area contributed by atoms with Crippen molar-refractivity contribution in [3.63, 3.8) is 0 Å². The van der Waals surface area contributed by atoms with E-state index in [4.69, 9.17) is 4.74 Å². The van der Waals surface area contributed by atoms with Gasteiger partial charge in [0, 0.05) is 6.54 Å². The van der Waals surface area contributed by atoms with Crippen LogP contribution in [0.15, 0.2) is 24.3 Å². The summed E-state index contributed by atoms with van der Waals surface area (Å²) in [5.41, 5.74) is 1.05. The number of ether oxygens (including phenoxy) is 1. The van der Waals surface area contributed by atoms with E-state index in [1.54, 1.807) is 11.3 Å². The molecular weight excluding hydrogens is 244 g/mol. The van der Waals surface area contributed by atoms with Crippen molar-refractivity contribution in [1.82, 2.24) is 10.3 Å². The maximum Gasteiger partial charge on any atom is 0.120 e. The van der Waals surface area contributed by atoms with Crippen LogP contribution >= 0.6 is 11.3 Å². The molecule has 3 nitrogen and oxygen atoms in total. The zero-order chi connectivity index (χ0) is 12.4. The normalized spacial score (nSPS) is 24.5. The molecule has 2 heterocycles. The van der Waals surface area contributed by atoms with Crippen LogP contribution in [0.5, 0.6) is 0 Å². The molecule has 4 heteroatoms. The molecule has 1 aromatic carbocycles. The van der Waals surface area contributed by atoms with Crippen LogP contribution in [-0.4, -0.2) is 23.7 Å². The third kappa shape index (κ3) is 2.55. The first-order valence-corrected chi connectivity index (χ1v) is 7.26. The molecule has 0 amide bonds. The van der Waals surface area contributed by atoms with Gasteiger partial charge in [0.15, 0.2) is 0 Å². The lowest BCUT2D eigenvalue weighted by Crippen LogP contribution is -2.45.